The molecule has 2 aromatic rings. The van der Waals surface area contributed by atoms with Crippen LogP contribution in [0.4, 0.5) is 13.2 Å². The minimum absolute atomic E-state index is 0.100. The maximum atomic E-state index is 13.8. The Hall–Kier alpha value is -2.01. The lowest BCUT2D eigenvalue weighted by atomic mass is 10.2. The standard InChI is InChI=1S/C16H16F3NO/c1-2-20-9-12-4-3-5-15(19)16(12)21-10-11-6-13(17)8-14(18)7-11/h3-8,20H,2,9-10H2,1H3. The van der Waals surface area contributed by atoms with E-state index in [9.17, 15) is 13.2 Å². The zero-order valence-corrected chi connectivity index (χ0v) is 11.6. The van der Waals surface area contributed by atoms with E-state index in [1.807, 2.05) is 6.92 Å². The molecule has 0 fully saturated rings. The van der Waals surface area contributed by atoms with Crippen molar-refractivity contribution in [3.63, 3.8) is 0 Å². The Labute approximate surface area is 121 Å². The van der Waals surface area contributed by atoms with Crippen LogP contribution in [-0.4, -0.2) is 6.54 Å². The van der Waals surface area contributed by atoms with Gasteiger partial charge in [0.2, 0.25) is 0 Å². The predicted octanol–water partition coefficient (Wildman–Crippen LogP) is 3.79. The highest BCUT2D eigenvalue weighted by Crippen LogP contribution is 2.24. The van der Waals surface area contributed by atoms with Crippen LogP contribution in [0.25, 0.3) is 0 Å². The Morgan fingerprint density at radius 3 is 2.43 bits per heavy atom. The summed E-state index contributed by atoms with van der Waals surface area (Å²) in [6.45, 7) is 3.04. The maximum Gasteiger partial charge on any atom is 0.165 e. The van der Waals surface area contributed by atoms with Crippen LogP contribution in [0, 0.1) is 17.5 Å². The van der Waals surface area contributed by atoms with Gasteiger partial charge in [-0.05, 0) is 30.3 Å². The molecule has 2 rings (SSSR count). The van der Waals surface area contributed by atoms with Crippen LogP contribution in [0.15, 0.2) is 36.4 Å². The summed E-state index contributed by atoms with van der Waals surface area (Å²) in [6, 6.07) is 7.73. The van der Waals surface area contributed by atoms with Crippen molar-refractivity contribution in [1.82, 2.24) is 5.32 Å². The van der Waals surface area contributed by atoms with Gasteiger partial charge >= 0.3 is 0 Å². The average Bonchev–Trinajstić information content (AvgIpc) is 2.43. The number of benzene rings is 2. The molecule has 2 aromatic carbocycles. The molecule has 0 saturated heterocycles. The normalized spacial score (nSPS) is 10.7. The van der Waals surface area contributed by atoms with E-state index in [2.05, 4.69) is 5.32 Å². The van der Waals surface area contributed by atoms with Crippen molar-refractivity contribution in [3.8, 4) is 5.75 Å². The molecule has 0 amide bonds. The van der Waals surface area contributed by atoms with Crippen molar-refractivity contribution < 1.29 is 17.9 Å². The second-order valence-electron chi connectivity index (χ2n) is 4.57. The minimum atomic E-state index is -0.685. The summed E-state index contributed by atoms with van der Waals surface area (Å²) in [7, 11) is 0. The number of ether oxygens (including phenoxy) is 1. The fourth-order valence-electron chi connectivity index (χ4n) is 1.96. The van der Waals surface area contributed by atoms with Crippen LogP contribution >= 0.6 is 0 Å². The topological polar surface area (TPSA) is 21.3 Å². The van der Waals surface area contributed by atoms with E-state index in [4.69, 9.17) is 4.74 Å². The van der Waals surface area contributed by atoms with Crippen LogP contribution in [0.2, 0.25) is 0 Å². The van der Waals surface area contributed by atoms with Crippen LogP contribution < -0.4 is 10.1 Å². The molecule has 0 unspecified atom stereocenters. The van der Waals surface area contributed by atoms with E-state index in [1.165, 1.54) is 6.07 Å². The third-order valence-corrected chi connectivity index (χ3v) is 2.92. The molecule has 0 aliphatic carbocycles. The first kappa shape index (κ1) is 15.4. The Kier molecular flexibility index (Phi) is 5.22. The van der Waals surface area contributed by atoms with Crippen molar-refractivity contribution in [2.45, 2.75) is 20.1 Å². The van der Waals surface area contributed by atoms with Gasteiger partial charge in [0, 0.05) is 18.2 Å². The average molecular weight is 295 g/mol. The third-order valence-electron chi connectivity index (χ3n) is 2.92. The Morgan fingerprint density at radius 1 is 1.05 bits per heavy atom. The van der Waals surface area contributed by atoms with Crippen molar-refractivity contribution >= 4 is 0 Å². The first-order chi connectivity index (χ1) is 10.1. The summed E-state index contributed by atoms with van der Waals surface area (Å²) in [5.74, 6) is -1.77. The molecular formula is C16H16F3NO. The van der Waals surface area contributed by atoms with Crippen molar-refractivity contribution in [2.75, 3.05) is 6.54 Å². The molecule has 0 heterocycles. The van der Waals surface area contributed by atoms with Crippen molar-refractivity contribution in [2.24, 2.45) is 0 Å². The molecule has 2 nitrogen and oxygen atoms in total. The largest absolute Gasteiger partial charge is 0.485 e. The number of nitrogens with one attached hydrogen (secondary N) is 1. The minimum Gasteiger partial charge on any atom is -0.485 e. The summed E-state index contributed by atoms with van der Waals surface area (Å²) in [4.78, 5) is 0. The van der Waals surface area contributed by atoms with Gasteiger partial charge in [0.05, 0.1) is 0 Å². The van der Waals surface area contributed by atoms with Crippen LogP contribution in [0.3, 0.4) is 0 Å². The Bertz CT molecular complexity index is 596. The van der Waals surface area contributed by atoms with Crippen molar-refractivity contribution in [3.05, 3.63) is 65.0 Å². The summed E-state index contributed by atoms with van der Waals surface area (Å²) in [5.41, 5.74) is 0.971. The molecule has 21 heavy (non-hydrogen) atoms. The molecule has 5 heteroatoms. The molecule has 0 atom stereocenters. The molecule has 0 saturated carbocycles. The zero-order chi connectivity index (χ0) is 15.2. The molecule has 0 radical (unpaired) electrons. The summed E-state index contributed by atoms with van der Waals surface area (Å²) in [5, 5.41) is 3.08. The first-order valence-electron chi connectivity index (χ1n) is 6.66. The number of rotatable bonds is 6. The quantitative estimate of drug-likeness (QED) is 0.875. The molecule has 0 aromatic heterocycles. The highest BCUT2D eigenvalue weighted by molar-refractivity contribution is 5.35. The highest BCUT2D eigenvalue weighted by atomic mass is 19.1. The van der Waals surface area contributed by atoms with Crippen LogP contribution in [0.1, 0.15) is 18.1 Å². The van der Waals surface area contributed by atoms with E-state index in [1.54, 1.807) is 12.1 Å². The van der Waals surface area contributed by atoms with Gasteiger partial charge in [0.1, 0.15) is 18.2 Å². The van der Waals surface area contributed by atoms with Gasteiger partial charge in [-0.15, -0.1) is 0 Å². The van der Waals surface area contributed by atoms with Gasteiger partial charge in [0.15, 0.2) is 11.6 Å². The van der Waals surface area contributed by atoms with E-state index >= 15 is 0 Å². The number of hydrogen-bond acceptors (Lipinski definition) is 2. The Morgan fingerprint density at radius 2 is 1.76 bits per heavy atom. The van der Waals surface area contributed by atoms with Crippen molar-refractivity contribution in [1.29, 1.82) is 0 Å². The fraction of sp³-hybridized carbons (Fsp3) is 0.250. The highest BCUT2D eigenvalue weighted by Gasteiger charge is 2.10. The lowest BCUT2D eigenvalue weighted by Crippen LogP contribution is -2.13. The molecule has 112 valence electrons. The summed E-state index contributed by atoms with van der Waals surface area (Å²) < 4.78 is 45.4. The number of halogens is 3. The van der Waals surface area contributed by atoms with Gasteiger partial charge in [-0.2, -0.15) is 0 Å². The van der Waals surface area contributed by atoms with Gasteiger partial charge in [-0.25, -0.2) is 13.2 Å². The zero-order valence-electron chi connectivity index (χ0n) is 11.6. The molecule has 0 spiro atoms. The SMILES string of the molecule is CCNCc1cccc(F)c1OCc1cc(F)cc(F)c1. The summed E-state index contributed by atoms with van der Waals surface area (Å²) >= 11 is 0. The molecule has 0 aliphatic heterocycles. The van der Waals surface area contributed by atoms with Gasteiger partial charge < -0.3 is 10.1 Å². The van der Waals surface area contributed by atoms with E-state index in [0.717, 1.165) is 24.7 Å². The second kappa shape index (κ2) is 7.13. The molecule has 1 N–H and O–H groups in total. The van der Waals surface area contributed by atoms with Gasteiger partial charge in [0.25, 0.3) is 0 Å². The fourth-order valence-corrected chi connectivity index (χ4v) is 1.96. The van der Waals surface area contributed by atoms with E-state index < -0.39 is 17.5 Å². The lowest BCUT2D eigenvalue weighted by Gasteiger charge is -2.13. The lowest BCUT2D eigenvalue weighted by molar-refractivity contribution is 0.285. The smallest absolute Gasteiger partial charge is 0.165 e. The monoisotopic (exact) mass is 295 g/mol. The summed E-state index contributed by atoms with van der Waals surface area (Å²) in [6.07, 6.45) is 0. The number of para-hydroxylation sites is 1. The number of hydrogen-bond donors (Lipinski definition) is 1. The molecule has 0 aliphatic rings. The van der Waals surface area contributed by atoms with E-state index in [0.29, 0.717) is 17.7 Å². The Balaban J connectivity index is 2.15. The van der Waals surface area contributed by atoms with Gasteiger partial charge in [-0.1, -0.05) is 19.1 Å². The van der Waals surface area contributed by atoms with Gasteiger partial charge in [-0.3, -0.25) is 0 Å². The van der Waals surface area contributed by atoms with E-state index in [-0.39, 0.29) is 12.4 Å². The predicted molar refractivity (Wildman–Crippen MR) is 74.5 cm³/mol. The third kappa shape index (κ3) is 4.23. The molecular weight excluding hydrogens is 279 g/mol. The van der Waals surface area contributed by atoms with Crippen LogP contribution in [-0.2, 0) is 13.2 Å². The first-order valence-corrected chi connectivity index (χ1v) is 6.66. The molecule has 0 bridgehead atoms. The second-order valence-corrected chi connectivity index (χ2v) is 4.57. The van der Waals surface area contributed by atoms with Crippen LogP contribution in [0.5, 0.6) is 5.75 Å². The maximum absolute atomic E-state index is 13.8.